The van der Waals surface area contributed by atoms with Gasteiger partial charge in [0.15, 0.2) is 0 Å². The maximum atomic E-state index is 11.4. The van der Waals surface area contributed by atoms with Crippen LogP contribution in [0.4, 0.5) is 0 Å². The van der Waals surface area contributed by atoms with E-state index in [0.717, 1.165) is 42.6 Å². The SMILES string of the molecule is O=C(O)c1ccccc1-c1cccc(CN2CCCC(O)C2)c1. The fraction of sp³-hybridized carbons (Fsp3) is 0.316. The molecule has 0 bridgehead atoms. The molecule has 2 aromatic rings. The van der Waals surface area contributed by atoms with Crippen LogP contribution in [0.2, 0.25) is 0 Å². The Morgan fingerprint density at radius 3 is 2.78 bits per heavy atom. The maximum Gasteiger partial charge on any atom is 0.336 e. The van der Waals surface area contributed by atoms with Crippen molar-refractivity contribution in [1.82, 2.24) is 4.90 Å². The van der Waals surface area contributed by atoms with Crippen LogP contribution in [0.5, 0.6) is 0 Å². The minimum absolute atomic E-state index is 0.236. The van der Waals surface area contributed by atoms with E-state index < -0.39 is 5.97 Å². The highest BCUT2D eigenvalue weighted by atomic mass is 16.4. The lowest BCUT2D eigenvalue weighted by atomic mass is 9.97. The summed E-state index contributed by atoms with van der Waals surface area (Å²) in [6.45, 7) is 2.48. The fourth-order valence-corrected chi connectivity index (χ4v) is 3.19. The Morgan fingerprint density at radius 2 is 2.00 bits per heavy atom. The zero-order valence-electron chi connectivity index (χ0n) is 13.0. The van der Waals surface area contributed by atoms with Crippen LogP contribution in [0.3, 0.4) is 0 Å². The number of hydrogen-bond donors (Lipinski definition) is 2. The molecular formula is C19H21NO3. The summed E-state index contributed by atoms with van der Waals surface area (Å²) in [7, 11) is 0. The second-order valence-corrected chi connectivity index (χ2v) is 6.08. The molecule has 120 valence electrons. The molecule has 2 N–H and O–H groups in total. The van der Waals surface area contributed by atoms with Gasteiger partial charge in [-0.1, -0.05) is 36.4 Å². The summed E-state index contributed by atoms with van der Waals surface area (Å²) in [6, 6.07) is 15.1. The summed E-state index contributed by atoms with van der Waals surface area (Å²) >= 11 is 0. The quantitative estimate of drug-likeness (QED) is 0.911. The van der Waals surface area contributed by atoms with Crippen molar-refractivity contribution in [2.75, 3.05) is 13.1 Å². The van der Waals surface area contributed by atoms with E-state index in [1.54, 1.807) is 12.1 Å². The van der Waals surface area contributed by atoms with Crippen LogP contribution in [-0.2, 0) is 6.54 Å². The molecule has 3 rings (SSSR count). The summed E-state index contributed by atoms with van der Waals surface area (Å²) in [5, 5.41) is 19.1. The van der Waals surface area contributed by atoms with Crippen LogP contribution in [0.1, 0.15) is 28.8 Å². The Labute approximate surface area is 136 Å². The lowest BCUT2D eigenvalue weighted by Crippen LogP contribution is -2.37. The Balaban J connectivity index is 1.84. The summed E-state index contributed by atoms with van der Waals surface area (Å²) in [4.78, 5) is 13.6. The van der Waals surface area contributed by atoms with Crippen molar-refractivity contribution in [3.8, 4) is 11.1 Å². The summed E-state index contributed by atoms with van der Waals surface area (Å²) < 4.78 is 0. The number of carboxylic acids is 1. The summed E-state index contributed by atoms with van der Waals surface area (Å²) in [5.74, 6) is -0.912. The predicted molar refractivity (Wildman–Crippen MR) is 89.4 cm³/mol. The summed E-state index contributed by atoms with van der Waals surface area (Å²) in [6.07, 6.45) is 1.66. The molecule has 0 spiro atoms. The monoisotopic (exact) mass is 311 g/mol. The van der Waals surface area contributed by atoms with Gasteiger partial charge in [0.05, 0.1) is 11.7 Å². The molecule has 1 heterocycles. The van der Waals surface area contributed by atoms with E-state index in [4.69, 9.17) is 0 Å². The van der Waals surface area contributed by atoms with Gasteiger partial charge < -0.3 is 10.2 Å². The second-order valence-electron chi connectivity index (χ2n) is 6.08. The molecule has 4 nitrogen and oxygen atoms in total. The van der Waals surface area contributed by atoms with Crippen molar-refractivity contribution < 1.29 is 15.0 Å². The molecule has 1 aliphatic heterocycles. The van der Waals surface area contributed by atoms with E-state index in [-0.39, 0.29) is 6.10 Å². The van der Waals surface area contributed by atoms with Crippen molar-refractivity contribution in [3.63, 3.8) is 0 Å². The molecule has 2 aromatic carbocycles. The predicted octanol–water partition coefficient (Wildman–Crippen LogP) is 3.01. The van der Waals surface area contributed by atoms with Crippen LogP contribution >= 0.6 is 0 Å². The van der Waals surface area contributed by atoms with Gasteiger partial charge in [-0.3, -0.25) is 4.90 Å². The summed E-state index contributed by atoms with van der Waals surface area (Å²) in [5.41, 5.74) is 3.11. The lowest BCUT2D eigenvalue weighted by Gasteiger charge is -2.30. The molecular weight excluding hydrogens is 290 g/mol. The molecule has 1 unspecified atom stereocenters. The molecule has 1 atom stereocenters. The van der Waals surface area contributed by atoms with Gasteiger partial charge in [0.25, 0.3) is 0 Å². The normalized spacial score (nSPS) is 18.7. The number of hydrogen-bond acceptors (Lipinski definition) is 3. The minimum atomic E-state index is -0.912. The zero-order valence-corrected chi connectivity index (χ0v) is 13.0. The zero-order chi connectivity index (χ0) is 16.2. The molecule has 4 heteroatoms. The molecule has 0 saturated carbocycles. The molecule has 1 fully saturated rings. The molecule has 1 aliphatic rings. The Hall–Kier alpha value is -2.17. The van der Waals surface area contributed by atoms with E-state index in [0.29, 0.717) is 12.1 Å². The highest BCUT2D eigenvalue weighted by molar-refractivity contribution is 5.96. The second kappa shape index (κ2) is 6.94. The Kier molecular flexibility index (Phi) is 4.74. The smallest absolute Gasteiger partial charge is 0.336 e. The number of aromatic carboxylic acids is 1. The first-order valence-electron chi connectivity index (χ1n) is 7.95. The number of nitrogens with zero attached hydrogens (tertiary/aromatic N) is 1. The van der Waals surface area contributed by atoms with Crippen LogP contribution in [0.15, 0.2) is 48.5 Å². The molecule has 0 aromatic heterocycles. The number of aliphatic hydroxyl groups is 1. The first kappa shape index (κ1) is 15.7. The third-order valence-electron chi connectivity index (χ3n) is 4.28. The Bertz CT molecular complexity index is 699. The number of rotatable bonds is 4. The van der Waals surface area contributed by atoms with E-state index in [9.17, 15) is 15.0 Å². The standard InChI is InChI=1S/C19H21NO3/c21-16-7-4-10-20(13-16)12-14-5-3-6-15(11-14)17-8-1-2-9-18(17)19(22)23/h1-3,5-6,8-9,11,16,21H,4,7,10,12-13H2,(H,22,23). The van der Waals surface area contributed by atoms with Gasteiger partial charge in [-0.05, 0) is 48.2 Å². The third-order valence-corrected chi connectivity index (χ3v) is 4.28. The number of benzene rings is 2. The van der Waals surface area contributed by atoms with E-state index >= 15 is 0 Å². The lowest BCUT2D eigenvalue weighted by molar-refractivity contribution is 0.0667. The minimum Gasteiger partial charge on any atom is -0.478 e. The van der Waals surface area contributed by atoms with E-state index in [2.05, 4.69) is 4.90 Å². The van der Waals surface area contributed by atoms with E-state index in [1.807, 2.05) is 36.4 Å². The molecule has 1 saturated heterocycles. The highest BCUT2D eigenvalue weighted by Crippen LogP contribution is 2.25. The maximum absolute atomic E-state index is 11.4. The molecule has 0 amide bonds. The number of β-amino-alcohol motifs (C(OH)–C–C–N with tert-alkyl or cyclic N) is 1. The number of aliphatic hydroxyl groups excluding tert-OH is 1. The van der Waals surface area contributed by atoms with Crippen LogP contribution < -0.4 is 0 Å². The van der Waals surface area contributed by atoms with Crippen molar-refractivity contribution in [2.24, 2.45) is 0 Å². The van der Waals surface area contributed by atoms with Crippen LogP contribution in [-0.4, -0.2) is 40.3 Å². The van der Waals surface area contributed by atoms with E-state index in [1.165, 1.54) is 0 Å². The van der Waals surface area contributed by atoms with Crippen LogP contribution in [0.25, 0.3) is 11.1 Å². The van der Waals surface area contributed by atoms with Crippen molar-refractivity contribution in [1.29, 1.82) is 0 Å². The van der Waals surface area contributed by atoms with Gasteiger partial charge in [-0.25, -0.2) is 4.79 Å². The fourth-order valence-electron chi connectivity index (χ4n) is 3.19. The topological polar surface area (TPSA) is 60.8 Å². The largest absolute Gasteiger partial charge is 0.478 e. The Morgan fingerprint density at radius 1 is 1.17 bits per heavy atom. The van der Waals surface area contributed by atoms with Gasteiger partial charge in [0, 0.05) is 13.1 Å². The van der Waals surface area contributed by atoms with Gasteiger partial charge in [0.2, 0.25) is 0 Å². The highest BCUT2D eigenvalue weighted by Gasteiger charge is 2.18. The average molecular weight is 311 g/mol. The average Bonchev–Trinajstić information content (AvgIpc) is 2.55. The number of carbonyl (C=O) groups is 1. The third kappa shape index (κ3) is 3.78. The van der Waals surface area contributed by atoms with Crippen LogP contribution in [0, 0.1) is 0 Å². The first-order chi connectivity index (χ1) is 11.1. The number of likely N-dealkylation sites (tertiary alicyclic amines) is 1. The van der Waals surface area contributed by atoms with Crippen molar-refractivity contribution in [3.05, 3.63) is 59.7 Å². The number of piperidine rings is 1. The van der Waals surface area contributed by atoms with Gasteiger partial charge >= 0.3 is 5.97 Å². The number of carboxylic acid groups (broad SMARTS) is 1. The molecule has 23 heavy (non-hydrogen) atoms. The van der Waals surface area contributed by atoms with Crippen molar-refractivity contribution in [2.45, 2.75) is 25.5 Å². The molecule has 0 radical (unpaired) electrons. The van der Waals surface area contributed by atoms with Gasteiger partial charge in [-0.15, -0.1) is 0 Å². The van der Waals surface area contributed by atoms with Crippen molar-refractivity contribution >= 4 is 5.97 Å². The first-order valence-corrected chi connectivity index (χ1v) is 7.95. The van der Waals surface area contributed by atoms with Gasteiger partial charge in [0.1, 0.15) is 0 Å². The molecule has 0 aliphatic carbocycles. The van der Waals surface area contributed by atoms with Gasteiger partial charge in [-0.2, -0.15) is 0 Å².